The number of benzene rings is 2. The molecule has 3 nitrogen and oxygen atoms in total. The lowest BCUT2D eigenvalue weighted by molar-refractivity contribution is -0.138. The van der Waals surface area contributed by atoms with Crippen LogP contribution >= 0.6 is 11.6 Å². The third-order valence-electron chi connectivity index (χ3n) is 2.57. The molecule has 2 rings (SSSR count). The Morgan fingerprint density at radius 2 is 1.81 bits per heavy atom. The van der Waals surface area contributed by atoms with Crippen LogP contribution in [0, 0.1) is 0 Å². The van der Waals surface area contributed by atoms with E-state index in [0.29, 0.717) is 0 Å². The number of ether oxygens (including phenoxy) is 1. The van der Waals surface area contributed by atoms with Crippen LogP contribution in [0.1, 0.15) is 15.9 Å². The van der Waals surface area contributed by atoms with Crippen molar-refractivity contribution in [3.63, 3.8) is 0 Å². The zero-order valence-electron chi connectivity index (χ0n) is 10.3. The summed E-state index contributed by atoms with van der Waals surface area (Å²) in [6.45, 7) is 0. The van der Waals surface area contributed by atoms with E-state index in [1.54, 1.807) is 0 Å². The third kappa shape index (κ3) is 3.46. The number of carboxylic acids is 1. The number of hydrogen-bond donors (Lipinski definition) is 1. The standard InChI is InChI=1S/C14H8ClF3O3/c15-8-3-1-4-9(7-8)21-12-10(13(19)20)5-2-6-11(12)14(16,17)18/h1-7H,(H,19,20). The summed E-state index contributed by atoms with van der Waals surface area (Å²) < 4.78 is 44.0. The van der Waals surface area contributed by atoms with E-state index in [1.807, 2.05) is 0 Å². The minimum absolute atomic E-state index is 0.0155. The molecule has 2 aromatic rings. The lowest BCUT2D eigenvalue weighted by atomic mass is 10.1. The van der Waals surface area contributed by atoms with Crippen molar-refractivity contribution in [2.75, 3.05) is 0 Å². The fourth-order valence-electron chi connectivity index (χ4n) is 1.69. The summed E-state index contributed by atoms with van der Waals surface area (Å²) in [5.41, 5.74) is -1.74. The molecule has 0 radical (unpaired) electrons. The first-order valence-corrected chi connectivity index (χ1v) is 6.04. The molecule has 0 aliphatic rings. The molecule has 0 amide bonds. The Bertz CT molecular complexity index is 683. The van der Waals surface area contributed by atoms with Gasteiger partial charge in [-0.25, -0.2) is 4.79 Å². The first kappa shape index (κ1) is 15.2. The van der Waals surface area contributed by atoms with Crippen molar-refractivity contribution in [1.29, 1.82) is 0 Å². The molecular formula is C14H8ClF3O3. The zero-order chi connectivity index (χ0) is 15.6. The average Bonchev–Trinajstić information content (AvgIpc) is 2.37. The molecule has 0 atom stereocenters. The van der Waals surface area contributed by atoms with Gasteiger partial charge in [0, 0.05) is 5.02 Å². The Morgan fingerprint density at radius 3 is 2.38 bits per heavy atom. The number of alkyl halides is 3. The van der Waals surface area contributed by atoms with Gasteiger partial charge in [0.05, 0.1) is 5.56 Å². The van der Waals surface area contributed by atoms with Crippen LogP contribution in [-0.2, 0) is 6.18 Å². The van der Waals surface area contributed by atoms with Gasteiger partial charge in [-0.2, -0.15) is 13.2 Å². The molecule has 1 N–H and O–H groups in total. The van der Waals surface area contributed by atoms with Gasteiger partial charge in [-0.3, -0.25) is 0 Å². The second kappa shape index (κ2) is 5.65. The van der Waals surface area contributed by atoms with E-state index in [2.05, 4.69) is 0 Å². The lowest BCUT2D eigenvalue weighted by Gasteiger charge is -2.15. The predicted octanol–water partition coefficient (Wildman–Crippen LogP) is 4.85. The van der Waals surface area contributed by atoms with Crippen molar-refractivity contribution in [3.8, 4) is 11.5 Å². The maximum Gasteiger partial charge on any atom is 0.420 e. The van der Waals surface area contributed by atoms with E-state index in [0.717, 1.165) is 18.2 Å². The smallest absolute Gasteiger partial charge is 0.420 e. The van der Waals surface area contributed by atoms with Gasteiger partial charge in [0.25, 0.3) is 0 Å². The van der Waals surface area contributed by atoms with Crippen LogP contribution in [-0.4, -0.2) is 11.1 Å². The number of aromatic carboxylic acids is 1. The summed E-state index contributed by atoms with van der Waals surface area (Å²) >= 11 is 5.72. The van der Waals surface area contributed by atoms with Gasteiger partial charge in [0.15, 0.2) is 5.75 Å². The molecule has 0 aromatic heterocycles. The monoisotopic (exact) mass is 316 g/mol. The Labute approximate surface area is 122 Å². The van der Waals surface area contributed by atoms with Crippen LogP contribution in [0.25, 0.3) is 0 Å². The highest BCUT2D eigenvalue weighted by Gasteiger charge is 2.36. The maximum absolute atomic E-state index is 13.0. The van der Waals surface area contributed by atoms with Crippen LogP contribution < -0.4 is 4.74 Å². The number of halogens is 4. The largest absolute Gasteiger partial charge is 0.478 e. The van der Waals surface area contributed by atoms with Crippen LogP contribution in [0.5, 0.6) is 11.5 Å². The second-order valence-corrected chi connectivity index (χ2v) is 4.48. The van der Waals surface area contributed by atoms with Gasteiger partial charge < -0.3 is 9.84 Å². The Morgan fingerprint density at radius 1 is 1.14 bits per heavy atom. The predicted molar refractivity (Wildman–Crippen MR) is 69.9 cm³/mol. The molecule has 0 aliphatic heterocycles. The van der Waals surface area contributed by atoms with Gasteiger partial charge in [-0.05, 0) is 30.3 Å². The molecule has 0 saturated heterocycles. The summed E-state index contributed by atoms with van der Waals surface area (Å²) in [4.78, 5) is 11.1. The first-order chi connectivity index (χ1) is 9.79. The quantitative estimate of drug-likeness (QED) is 0.880. The van der Waals surface area contributed by atoms with Crippen molar-refractivity contribution in [3.05, 3.63) is 58.6 Å². The van der Waals surface area contributed by atoms with Crippen molar-refractivity contribution in [2.45, 2.75) is 6.18 Å². The molecule has 0 spiro atoms. The number of rotatable bonds is 3. The fraction of sp³-hybridized carbons (Fsp3) is 0.0714. The zero-order valence-corrected chi connectivity index (χ0v) is 11.1. The van der Waals surface area contributed by atoms with Crippen molar-refractivity contribution in [1.82, 2.24) is 0 Å². The summed E-state index contributed by atoms with van der Waals surface area (Å²) in [5, 5.41) is 9.27. The molecule has 7 heteroatoms. The molecule has 110 valence electrons. The Balaban J connectivity index is 2.56. The van der Waals surface area contributed by atoms with Crippen molar-refractivity contribution < 1.29 is 27.8 Å². The highest BCUT2D eigenvalue weighted by Crippen LogP contribution is 2.40. The van der Waals surface area contributed by atoms with E-state index in [9.17, 15) is 18.0 Å². The number of hydrogen-bond acceptors (Lipinski definition) is 2. The molecule has 0 aliphatic carbocycles. The maximum atomic E-state index is 13.0. The fourth-order valence-corrected chi connectivity index (χ4v) is 1.87. The number of carboxylic acid groups (broad SMARTS) is 1. The Kier molecular flexibility index (Phi) is 4.09. The van der Waals surface area contributed by atoms with E-state index in [-0.39, 0.29) is 10.8 Å². The second-order valence-electron chi connectivity index (χ2n) is 4.04. The van der Waals surface area contributed by atoms with Crippen LogP contribution in [0.3, 0.4) is 0 Å². The van der Waals surface area contributed by atoms with E-state index >= 15 is 0 Å². The molecule has 0 unspecified atom stereocenters. The normalized spacial score (nSPS) is 11.2. The van der Waals surface area contributed by atoms with Crippen LogP contribution in [0.15, 0.2) is 42.5 Å². The average molecular weight is 317 g/mol. The van der Waals surface area contributed by atoms with Gasteiger partial charge in [-0.1, -0.05) is 23.7 Å². The Hall–Kier alpha value is -2.21. The first-order valence-electron chi connectivity index (χ1n) is 5.66. The SMILES string of the molecule is O=C(O)c1cccc(C(F)(F)F)c1Oc1cccc(Cl)c1. The highest BCUT2D eigenvalue weighted by molar-refractivity contribution is 6.30. The number of para-hydroxylation sites is 1. The van der Waals surface area contributed by atoms with Crippen molar-refractivity contribution in [2.24, 2.45) is 0 Å². The van der Waals surface area contributed by atoms with Crippen molar-refractivity contribution >= 4 is 17.6 Å². The van der Waals surface area contributed by atoms with E-state index < -0.39 is 29.0 Å². The summed E-state index contributed by atoms with van der Waals surface area (Å²) in [6.07, 6.45) is -4.74. The van der Waals surface area contributed by atoms with Crippen LogP contribution in [0.4, 0.5) is 13.2 Å². The van der Waals surface area contributed by atoms with Crippen LogP contribution in [0.2, 0.25) is 5.02 Å². The molecule has 2 aromatic carbocycles. The summed E-state index contributed by atoms with van der Waals surface area (Å²) in [7, 11) is 0. The van der Waals surface area contributed by atoms with E-state index in [1.165, 1.54) is 24.3 Å². The summed E-state index contributed by atoms with van der Waals surface area (Å²) in [6, 6.07) is 8.47. The number of carbonyl (C=O) groups is 1. The molecule has 0 saturated carbocycles. The highest BCUT2D eigenvalue weighted by atomic mass is 35.5. The van der Waals surface area contributed by atoms with Gasteiger partial charge in [-0.15, -0.1) is 0 Å². The minimum Gasteiger partial charge on any atom is -0.478 e. The van der Waals surface area contributed by atoms with Gasteiger partial charge in [0.1, 0.15) is 11.3 Å². The molecule has 21 heavy (non-hydrogen) atoms. The molecular weight excluding hydrogens is 309 g/mol. The van der Waals surface area contributed by atoms with Gasteiger partial charge >= 0.3 is 12.1 Å². The molecule has 0 heterocycles. The topological polar surface area (TPSA) is 46.5 Å². The van der Waals surface area contributed by atoms with E-state index in [4.69, 9.17) is 21.4 Å². The van der Waals surface area contributed by atoms with Gasteiger partial charge in [0.2, 0.25) is 0 Å². The molecule has 0 bridgehead atoms. The minimum atomic E-state index is -4.74. The summed E-state index contributed by atoms with van der Waals surface area (Å²) in [5.74, 6) is -2.26. The lowest BCUT2D eigenvalue weighted by Crippen LogP contribution is -2.11. The third-order valence-corrected chi connectivity index (χ3v) is 2.80. The molecule has 0 fully saturated rings.